The van der Waals surface area contributed by atoms with Crippen LogP contribution < -0.4 is 0 Å². The van der Waals surface area contributed by atoms with Gasteiger partial charge in [-0.3, -0.25) is 9.48 Å². The number of aryl methyl sites for hydroxylation is 1. The summed E-state index contributed by atoms with van der Waals surface area (Å²) in [5.74, 6) is 0.855. The molecule has 1 amide bonds. The molecule has 0 unspecified atom stereocenters. The van der Waals surface area contributed by atoms with Crippen LogP contribution in [0.4, 0.5) is 0 Å². The average Bonchev–Trinajstić information content (AvgIpc) is 3.31. The molecule has 7 nitrogen and oxygen atoms in total. The van der Waals surface area contributed by atoms with Crippen molar-refractivity contribution in [3.8, 4) is 0 Å². The molecule has 1 atom stereocenters. The van der Waals surface area contributed by atoms with Gasteiger partial charge in [0.15, 0.2) is 5.82 Å². The second-order valence-electron chi connectivity index (χ2n) is 6.65. The van der Waals surface area contributed by atoms with Gasteiger partial charge in [-0.1, -0.05) is 30.3 Å². The Morgan fingerprint density at radius 2 is 2.04 bits per heavy atom. The molecule has 1 aliphatic rings. The highest BCUT2D eigenvalue weighted by molar-refractivity contribution is 5.92. The van der Waals surface area contributed by atoms with Gasteiger partial charge in [0.2, 0.25) is 0 Å². The maximum atomic E-state index is 13.1. The summed E-state index contributed by atoms with van der Waals surface area (Å²) in [6.07, 6.45) is 6.40. The molecule has 134 valence electrons. The van der Waals surface area contributed by atoms with E-state index < -0.39 is 0 Å². The lowest BCUT2D eigenvalue weighted by Crippen LogP contribution is -2.40. The lowest BCUT2D eigenvalue weighted by atomic mass is 10.0. The molecule has 1 saturated heterocycles. The zero-order chi connectivity index (χ0) is 17.9. The summed E-state index contributed by atoms with van der Waals surface area (Å²) in [6.45, 7) is 1.43. The van der Waals surface area contributed by atoms with E-state index in [4.69, 9.17) is 0 Å². The van der Waals surface area contributed by atoms with Crippen LogP contribution >= 0.6 is 0 Å². The van der Waals surface area contributed by atoms with E-state index in [1.807, 2.05) is 23.1 Å². The fourth-order valence-corrected chi connectivity index (χ4v) is 3.60. The number of nitrogens with zero attached hydrogens (tertiary/aromatic N) is 6. The van der Waals surface area contributed by atoms with Crippen molar-refractivity contribution in [2.45, 2.75) is 31.8 Å². The molecule has 3 heterocycles. The third kappa shape index (κ3) is 3.12. The molecule has 0 radical (unpaired) electrons. The number of carbonyl (C=O) groups excluding carboxylic acids is 1. The zero-order valence-electron chi connectivity index (χ0n) is 14.8. The van der Waals surface area contributed by atoms with E-state index >= 15 is 0 Å². The number of hydrogen-bond acceptors (Lipinski definition) is 4. The second kappa shape index (κ2) is 7.11. The number of piperidine rings is 1. The standard InChI is InChI=1S/C19H22N6O/c1-23-17(10-11-21-23)19(26)25-12-6-5-9-16(25)18-22-20-14-24(18)13-15-7-3-2-4-8-15/h2-4,7-8,10-11,14,16H,5-6,9,12-13H2,1H3/t16-/m0/s1. The predicted octanol–water partition coefficient (Wildman–Crippen LogP) is 2.43. The highest BCUT2D eigenvalue weighted by Crippen LogP contribution is 2.31. The van der Waals surface area contributed by atoms with Crippen LogP contribution in [0.3, 0.4) is 0 Å². The van der Waals surface area contributed by atoms with Crippen molar-refractivity contribution in [1.82, 2.24) is 29.4 Å². The summed E-state index contributed by atoms with van der Waals surface area (Å²) in [5, 5.41) is 12.6. The van der Waals surface area contributed by atoms with Crippen LogP contribution in [0.15, 0.2) is 48.9 Å². The Hall–Kier alpha value is -2.96. The molecular weight excluding hydrogens is 328 g/mol. The fraction of sp³-hybridized carbons (Fsp3) is 0.368. The normalized spacial score (nSPS) is 17.4. The van der Waals surface area contributed by atoms with Crippen LogP contribution in [0.5, 0.6) is 0 Å². The van der Waals surface area contributed by atoms with Gasteiger partial charge >= 0.3 is 0 Å². The Balaban J connectivity index is 1.62. The number of likely N-dealkylation sites (tertiary alicyclic amines) is 1. The monoisotopic (exact) mass is 350 g/mol. The highest BCUT2D eigenvalue weighted by Gasteiger charge is 2.33. The number of benzene rings is 1. The molecule has 1 fully saturated rings. The molecule has 0 aliphatic carbocycles. The van der Waals surface area contributed by atoms with Crippen LogP contribution in [0.1, 0.15) is 47.2 Å². The molecule has 2 aromatic heterocycles. The lowest BCUT2D eigenvalue weighted by molar-refractivity contribution is 0.0583. The lowest BCUT2D eigenvalue weighted by Gasteiger charge is -2.35. The Labute approximate surface area is 152 Å². The SMILES string of the molecule is Cn1nccc1C(=O)N1CCCC[C@H]1c1nncn1Cc1ccccc1. The molecule has 3 aromatic rings. The summed E-state index contributed by atoms with van der Waals surface area (Å²) >= 11 is 0. The molecule has 0 bridgehead atoms. The van der Waals surface area contributed by atoms with Crippen molar-refractivity contribution in [3.05, 3.63) is 66.0 Å². The van der Waals surface area contributed by atoms with Gasteiger partial charge in [0.05, 0.1) is 12.6 Å². The van der Waals surface area contributed by atoms with E-state index in [1.54, 1.807) is 30.3 Å². The first kappa shape index (κ1) is 16.5. The van der Waals surface area contributed by atoms with Gasteiger partial charge in [-0.2, -0.15) is 5.10 Å². The van der Waals surface area contributed by atoms with Crippen LogP contribution in [0, 0.1) is 0 Å². The van der Waals surface area contributed by atoms with Crippen LogP contribution in [0.25, 0.3) is 0 Å². The molecular formula is C19H22N6O. The molecule has 1 aliphatic heterocycles. The maximum absolute atomic E-state index is 13.1. The Kier molecular flexibility index (Phi) is 4.51. The van der Waals surface area contributed by atoms with E-state index in [0.29, 0.717) is 12.2 Å². The topological polar surface area (TPSA) is 68.8 Å². The fourth-order valence-electron chi connectivity index (χ4n) is 3.60. The van der Waals surface area contributed by atoms with Crippen LogP contribution in [-0.2, 0) is 13.6 Å². The van der Waals surface area contributed by atoms with Gasteiger partial charge in [0, 0.05) is 19.8 Å². The summed E-state index contributed by atoms with van der Waals surface area (Å²) in [7, 11) is 1.80. The third-order valence-corrected chi connectivity index (χ3v) is 4.94. The Morgan fingerprint density at radius 3 is 2.81 bits per heavy atom. The van der Waals surface area contributed by atoms with Crippen molar-refractivity contribution < 1.29 is 4.79 Å². The van der Waals surface area contributed by atoms with Crippen molar-refractivity contribution in [2.75, 3.05) is 6.54 Å². The van der Waals surface area contributed by atoms with Crippen molar-refractivity contribution >= 4 is 5.91 Å². The summed E-state index contributed by atoms with van der Waals surface area (Å²) in [4.78, 5) is 15.0. The molecule has 0 saturated carbocycles. The number of aromatic nitrogens is 5. The first-order valence-corrected chi connectivity index (χ1v) is 8.94. The second-order valence-corrected chi connectivity index (χ2v) is 6.65. The van der Waals surface area contributed by atoms with E-state index in [2.05, 4.69) is 32.0 Å². The largest absolute Gasteiger partial charge is 0.327 e. The van der Waals surface area contributed by atoms with Gasteiger partial charge in [-0.05, 0) is 30.9 Å². The number of amides is 1. The average molecular weight is 350 g/mol. The van der Waals surface area contributed by atoms with Gasteiger partial charge in [-0.15, -0.1) is 10.2 Å². The van der Waals surface area contributed by atoms with E-state index in [0.717, 1.165) is 31.6 Å². The Bertz CT molecular complexity index is 884. The van der Waals surface area contributed by atoms with E-state index in [1.165, 1.54) is 5.56 Å². The van der Waals surface area contributed by atoms with Gasteiger partial charge < -0.3 is 9.47 Å². The molecule has 4 rings (SSSR count). The minimum absolute atomic E-state index is 0.00367. The minimum atomic E-state index is -0.0580. The number of rotatable bonds is 4. The highest BCUT2D eigenvalue weighted by atomic mass is 16.2. The quantitative estimate of drug-likeness (QED) is 0.725. The smallest absolute Gasteiger partial charge is 0.272 e. The predicted molar refractivity (Wildman–Crippen MR) is 96.4 cm³/mol. The van der Waals surface area contributed by atoms with Crippen LogP contribution in [-0.4, -0.2) is 41.9 Å². The third-order valence-electron chi connectivity index (χ3n) is 4.94. The van der Waals surface area contributed by atoms with Crippen molar-refractivity contribution in [3.63, 3.8) is 0 Å². The molecule has 0 spiro atoms. The zero-order valence-corrected chi connectivity index (χ0v) is 14.8. The van der Waals surface area contributed by atoms with Crippen molar-refractivity contribution in [2.24, 2.45) is 7.05 Å². The van der Waals surface area contributed by atoms with Gasteiger partial charge in [0.25, 0.3) is 5.91 Å². The van der Waals surface area contributed by atoms with Gasteiger partial charge in [-0.25, -0.2) is 0 Å². The number of carbonyl (C=O) groups is 1. The first-order valence-electron chi connectivity index (χ1n) is 8.94. The summed E-state index contributed by atoms with van der Waals surface area (Å²) in [5.41, 5.74) is 1.79. The van der Waals surface area contributed by atoms with Crippen LogP contribution in [0.2, 0.25) is 0 Å². The van der Waals surface area contributed by atoms with E-state index in [-0.39, 0.29) is 11.9 Å². The molecule has 7 heteroatoms. The first-order chi connectivity index (χ1) is 12.7. The van der Waals surface area contributed by atoms with Gasteiger partial charge in [0.1, 0.15) is 12.0 Å². The number of hydrogen-bond donors (Lipinski definition) is 0. The molecule has 1 aromatic carbocycles. The van der Waals surface area contributed by atoms with Crippen molar-refractivity contribution in [1.29, 1.82) is 0 Å². The van der Waals surface area contributed by atoms with E-state index in [9.17, 15) is 4.79 Å². The summed E-state index contributed by atoms with van der Waals surface area (Å²) < 4.78 is 3.68. The minimum Gasteiger partial charge on any atom is -0.327 e. The Morgan fingerprint density at radius 1 is 1.19 bits per heavy atom. The maximum Gasteiger partial charge on any atom is 0.272 e. The molecule has 0 N–H and O–H groups in total. The molecule has 26 heavy (non-hydrogen) atoms. The summed E-state index contributed by atoms with van der Waals surface area (Å²) in [6, 6.07) is 11.9.